The van der Waals surface area contributed by atoms with E-state index in [9.17, 15) is 5.11 Å². The van der Waals surface area contributed by atoms with Crippen LogP contribution in [-0.4, -0.2) is 48.4 Å². The van der Waals surface area contributed by atoms with Gasteiger partial charge in [-0.05, 0) is 43.2 Å². The maximum absolute atomic E-state index is 9.93. The van der Waals surface area contributed by atoms with Gasteiger partial charge in [-0.1, -0.05) is 23.8 Å². The highest BCUT2D eigenvalue weighted by Gasteiger charge is 2.23. The molecule has 0 radical (unpaired) electrons. The van der Waals surface area contributed by atoms with Gasteiger partial charge in [-0.2, -0.15) is 0 Å². The Bertz CT molecular complexity index is 1000. The van der Waals surface area contributed by atoms with Gasteiger partial charge in [0.25, 0.3) is 0 Å². The molecule has 1 aliphatic rings. The molecule has 5 nitrogen and oxygen atoms in total. The van der Waals surface area contributed by atoms with Gasteiger partial charge in [-0.3, -0.25) is 4.90 Å². The summed E-state index contributed by atoms with van der Waals surface area (Å²) in [6.45, 7) is 4.41. The van der Waals surface area contributed by atoms with Crippen LogP contribution in [0.15, 0.2) is 42.5 Å². The summed E-state index contributed by atoms with van der Waals surface area (Å²) < 4.78 is 11.2. The lowest BCUT2D eigenvalue weighted by molar-refractivity contribution is 0.175. The van der Waals surface area contributed by atoms with E-state index in [0.29, 0.717) is 6.54 Å². The number of methoxy groups -OCH3 is 2. The van der Waals surface area contributed by atoms with Crippen LogP contribution in [0.3, 0.4) is 0 Å². The highest BCUT2D eigenvalue weighted by Crippen LogP contribution is 2.36. The monoisotopic (exact) mass is 378 g/mol. The van der Waals surface area contributed by atoms with Crippen molar-refractivity contribution in [1.82, 2.24) is 9.88 Å². The summed E-state index contributed by atoms with van der Waals surface area (Å²) in [7, 11) is 3.33. The molecular formula is C23H26N2O3. The van der Waals surface area contributed by atoms with E-state index in [4.69, 9.17) is 14.5 Å². The summed E-state index contributed by atoms with van der Waals surface area (Å²) in [6, 6.07) is 14.4. The predicted molar refractivity (Wildman–Crippen MR) is 111 cm³/mol. The van der Waals surface area contributed by atoms with Crippen LogP contribution in [0.1, 0.15) is 17.5 Å². The summed E-state index contributed by atoms with van der Waals surface area (Å²) in [6.07, 6.45) is 0.572. The molecule has 0 bridgehead atoms. The average Bonchev–Trinajstić information content (AvgIpc) is 3.11. The Morgan fingerprint density at radius 2 is 1.89 bits per heavy atom. The van der Waals surface area contributed by atoms with Gasteiger partial charge in [0.2, 0.25) is 0 Å². The number of hydrogen-bond acceptors (Lipinski definition) is 5. The van der Waals surface area contributed by atoms with Crippen molar-refractivity contribution in [2.24, 2.45) is 0 Å². The molecule has 1 saturated heterocycles. The Balaban J connectivity index is 1.91. The number of aromatic nitrogens is 1. The molecule has 0 aliphatic carbocycles. The summed E-state index contributed by atoms with van der Waals surface area (Å²) in [5.74, 6) is 1.51. The number of rotatable bonds is 5. The van der Waals surface area contributed by atoms with E-state index in [2.05, 4.69) is 42.2 Å². The quantitative estimate of drug-likeness (QED) is 0.732. The molecule has 1 atom stereocenters. The number of ether oxygens (including phenoxy) is 2. The smallest absolute Gasteiger partial charge is 0.145 e. The number of pyridine rings is 1. The molecule has 1 aliphatic heterocycles. The fraction of sp³-hybridized carbons (Fsp3) is 0.348. The van der Waals surface area contributed by atoms with Crippen LogP contribution in [0, 0.1) is 6.92 Å². The zero-order valence-corrected chi connectivity index (χ0v) is 16.6. The van der Waals surface area contributed by atoms with Crippen LogP contribution in [0.25, 0.3) is 22.2 Å². The van der Waals surface area contributed by atoms with Gasteiger partial charge < -0.3 is 14.6 Å². The molecule has 5 heteroatoms. The first-order valence-corrected chi connectivity index (χ1v) is 9.61. The number of hydrogen-bond donors (Lipinski definition) is 1. The van der Waals surface area contributed by atoms with Gasteiger partial charge >= 0.3 is 0 Å². The van der Waals surface area contributed by atoms with Crippen LogP contribution in [0.5, 0.6) is 11.5 Å². The predicted octanol–water partition coefficient (Wildman–Crippen LogP) is 3.79. The van der Waals surface area contributed by atoms with E-state index in [1.165, 1.54) is 5.56 Å². The average molecular weight is 378 g/mol. The first-order chi connectivity index (χ1) is 13.6. The summed E-state index contributed by atoms with van der Waals surface area (Å²) >= 11 is 0. The lowest BCUT2D eigenvalue weighted by Gasteiger charge is -2.19. The minimum Gasteiger partial charge on any atom is -0.496 e. The number of β-amino-alcohol motifs (C(OH)–C–C–N with tert-alkyl or cyclic N) is 1. The number of benzene rings is 2. The lowest BCUT2D eigenvalue weighted by atomic mass is 10.0. The van der Waals surface area contributed by atoms with E-state index < -0.39 is 0 Å². The number of aliphatic hydroxyl groups excluding tert-OH is 1. The van der Waals surface area contributed by atoms with Crippen LogP contribution in [0.4, 0.5) is 0 Å². The molecule has 0 unspecified atom stereocenters. The molecule has 28 heavy (non-hydrogen) atoms. The lowest BCUT2D eigenvalue weighted by Crippen LogP contribution is -2.22. The van der Waals surface area contributed by atoms with Gasteiger partial charge in [-0.15, -0.1) is 0 Å². The molecule has 1 N–H and O–H groups in total. The van der Waals surface area contributed by atoms with Crippen molar-refractivity contribution in [2.75, 3.05) is 27.3 Å². The highest BCUT2D eigenvalue weighted by atomic mass is 16.5. The van der Waals surface area contributed by atoms with Crippen molar-refractivity contribution in [3.05, 3.63) is 53.6 Å². The largest absolute Gasteiger partial charge is 0.496 e. The Labute approximate surface area is 165 Å². The maximum Gasteiger partial charge on any atom is 0.145 e. The van der Waals surface area contributed by atoms with Crippen molar-refractivity contribution in [2.45, 2.75) is 26.0 Å². The van der Waals surface area contributed by atoms with Crippen molar-refractivity contribution in [1.29, 1.82) is 0 Å². The van der Waals surface area contributed by atoms with E-state index in [0.717, 1.165) is 58.7 Å². The molecule has 0 spiro atoms. The van der Waals surface area contributed by atoms with E-state index >= 15 is 0 Å². The molecule has 1 aromatic heterocycles. The Morgan fingerprint density at radius 1 is 1.11 bits per heavy atom. The van der Waals surface area contributed by atoms with E-state index in [1.54, 1.807) is 14.2 Å². The standard InChI is InChI=1S/C23H26N2O3/c1-15-5-4-6-16(11-15)22-17(13-25-10-9-18(26)14-25)12-19-20(27-2)7-8-21(28-3)23(19)24-22/h4-8,11-12,18,26H,9-10,13-14H2,1-3H3/t18-/m1/s1. The van der Waals surface area contributed by atoms with Gasteiger partial charge in [0.15, 0.2) is 0 Å². The SMILES string of the molecule is COc1ccc(OC)c2nc(-c3cccc(C)c3)c(CN3CC[C@@H](O)C3)cc12. The molecule has 2 heterocycles. The van der Waals surface area contributed by atoms with Gasteiger partial charge in [0.05, 0.1) is 26.0 Å². The van der Waals surface area contributed by atoms with Crippen molar-refractivity contribution < 1.29 is 14.6 Å². The number of aryl methyl sites for hydroxylation is 1. The van der Waals surface area contributed by atoms with Crippen molar-refractivity contribution in [3.8, 4) is 22.8 Å². The second-order valence-corrected chi connectivity index (χ2v) is 7.41. The van der Waals surface area contributed by atoms with Gasteiger partial charge in [0.1, 0.15) is 17.0 Å². The normalized spacial score (nSPS) is 17.2. The van der Waals surface area contributed by atoms with E-state index in [-0.39, 0.29) is 6.10 Å². The Kier molecular flexibility index (Phi) is 5.20. The maximum atomic E-state index is 9.93. The molecule has 1 fully saturated rings. The third-order valence-electron chi connectivity index (χ3n) is 5.36. The van der Waals surface area contributed by atoms with Gasteiger partial charge in [-0.25, -0.2) is 4.98 Å². The summed E-state index contributed by atoms with van der Waals surface area (Å²) in [5.41, 5.74) is 5.15. The minimum absolute atomic E-state index is 0.245. The number of nitrogens with zero attached hydrogens (tertiary/aromatic N) is 2. The number of likely N-dealkylation sites (tertiary alicyclic amines) is 1. The summed E-state index contributed by atoms with van der Waals surface area (Å²) in [4.78, 5) is 7.31. The summed E-state index contributed by atoms with van der Waals surface area (Å²) in [5, 5.41) is 10.9. The molecule has 146 valence electrons. The third kappa shape index (κ3) is 3.55. The second kappa shape index (κ2) is 7.78. The minimum atomic E-state index is -0.245. The van der Waals surface area contributed by atoms with Crippen molar-refractivity contribution >= 4 is 10.9 Å². The first-order valence-electron chi connectivity index (χ1n) is 9.61. The van der Waals surface area contributed by atoms with E-state index in [1.807, 2.05) is 12.1 Å². The molecule has 2 aromatic carbocycles. The molecule has 0 saturated carbocycles. The molecule has 3 aromatic rings. The fourth-order valence-corrected chi connectivity index (χ4v) is 3.95. The number of fused-ring (bicyclic) bond motifs is 1. The van der Waals surface area contributed by atoms with Crippen LogP contribution in [0.2, 0.25) is 0 Å². The van der Waals surface area contributed by atoms with Crippen molar-refractivity contribution in [3.63, 3.8) is 0 Å². The van der Waals surface area contributed by atoms with Crippen LogP contribution >= 0.6 is 0 Å². The first kappa shape index (κ1) is 18.7. The van der Waals surface area contributed by atoms with Gasteiger partial charge in [0, 0.05) is 30.6 Å². The highest BCUT2D eigenvalue weighted by molar-refractivity contribution is 5.93. The zero-order chi connectivity index (χ0) is 19.7. The Morgan fingerprint density at radius 3 is 2.57 bits per heavy atom. The molecule has 4 rings (SSSR count). The fourth-order valence-electron chi connectivity index (χ4n) is 3.95. The van der Waals surface area contributed by atoms with Crippen LogP contribution in [-0.2, 0) is 6.54 Å². The molecule has 0 amide bonds. The third-order valence-corrected chi connectivity index (χ3v) is 5.36. The topological polar surface area (TPSA) is 54.8 Å². The molecular weight excluding hydrogens is 352 g/mol. The zero-order valence-electron chi connectivity index (χ0n) is 16.6. The number of aliphatic hydroxyl groups is 1. The second-order valence-electron chi connectivity index (χ2n) is 7.41. The Hall–Kier alpha value is -2.63. The van der Waals surface area contributed by atoms with Crippen LogP contribution < -0.4 is 9.47 Å².